The molecule has 0 spiro atoms. The molecule has 3 aromatic carbocycles. The summed E-state index contributed by atoms with van der Waals surface area (Å²) in [6, 6.07) is 20.0. The van der Waals surface area contributed by atoms with E-state index >= 15 is 0 Å². The molecule has 2 heterocycles. The summed E-state index contributed by atoms with van der Waals surface area (Å²) in [6.45, 7) is 3.82. The van der Waals surface area contributed by atoms with E-state index < -0.39 is 22.4 Å². The van der Waals surface area contributed by atoms with Crippen LogP contribution in [0, 0.1) is 24.0 Å². The van der Waals surface area contributed by atoms with Gasteiger partial charge in [-0.1, -0.05) is 18.2 Å². The zero-order chi connectivity index (χ0) is 29.3. The molecule has 0 bridgehead atoms. The topological polar surface area (TPSA) is 98.8 Å². The van der Waals surface area contributed by atoms with Crippen LogP contribution in [0.5, 0.6) is 11.5 Å². The van der Waals surface area contributed by atoms with Gasteiger partial charge in [0.1, 0.15) is 5.75 Å². The molecule has 12 heteroatoms. The van der Waals surface area contributed by atoms with Crippen molar-refractivity contribution in [1.29, 1.82) is 0 Å². The summed E-state index contributed by atoms with van der Waals surface area (Å²) < 4.78 is 46.5. The molecule has 8 nitrogen and oxygen atoms in total. The number of aromatic nitrogens is 1. The second kappa shape index (κ2) is 11.0. The quantitative estimate of drug-likeness (QED) is 0.144. The van der Waals surface area contributed by atoms with Gasteiger partial charge in [-0.25, -0.2) is 4.99 Å². The van der Waals surface area contributed by atoms with Crippen molar-refractivity contribution < 1.29 is 27.6 Å². The maximum absolute atomic E-state index is 13.0. The predicted molar refractivity (Wildman–Crippen MR) is 151 cm³/mol. The Kier molecular flexibility index (Phi) is 7.41. The van der Waals surface area contributed by atoms with E-state index in [-0.39, 0.29) is 17.4 Å². The van der Waals surface area contributed by atoms with E-state index in [9.17, 15) is 28.1 Å². The summed E-state index contributed by atoms with van der Waals surface area (Å²) in [5.74, 6) is -0.334. The predicted octanol–water partition coefficient (Wildman–Crippen LogP) is 7.71. The first-order valence-electron chi connectivity index (χ1n) is 12.2. The SMILES string of the molecule is Cc1cc(/C=C2\SC(=Nc3ccccc3)NC2=O)c(C)n1-c1ccc(Oc2ccc(C(F)(F)F)cc2[N+](=O)[O-])cc1. The van der Waals surface area contributed by atoms with Gasteiger partial charge in [0, 0.05) is 23.1 Å². The van der Waals surface area contributed by atoms with Crippen molar-refractivity contribution in [3.8, 4) is 17.2 Å². The summed E-state index contributed by atoms with van der Waals surface area (Å²) >= 11 is 1.25. The van der Waals surface area contributed by atoms with E-state index in [1.54, 1.807) is 30.3 Å². The molecular formula is C29H21F3N4O4S. The van der Waals surface area contributed by atoms with E-state index in [0.29, 0.717) is 16.1 Å². The Morgan fingerprint density at radius 1 is 1.02 bits per heavy atom. The summed E-state index contributed by atoms with van der Waals surface area (Å²) in [4.78, 5) is 28.0. The van der Waals surface area contributed by atoms with Gasteiger partial charge < -0.3 is 14.6 Å². The minimum Gasteiger partial charge on any atom is -0.450 e. The zero-order valence-electron chi connectivity index (χ0n) is 21.6. The van der Waals surface area contributed by atoms with Gasteiger partial charge in [-0.3, -0.25) is 14.9 Å². The standard InChI is InChI=1S/C29H21F3N4O4S/c1-17-14-19(15-26-27(37)34-28(41-26)33-21-6-4-3-5-7-21)18(2)35(17)22-9-11-23(12-10-22)40-25-13-8-20(29(30,31)32)16-24(25)36(38)39/h3-16H,1-2H3,(H,33,34,37)/b26-15-. The fourth-order valence-electron chi connectivity index (χ4n) is 4.29. The van der Waals surface area contributed by atoms with Gasteiger partial charge in [0.2, 0.25) is 5.75 Å². The number of aryl methyl sites for hydroxylation is 1. The molecule has 0 aliphatic carbocycles. The van der Waals surface area contributed by atoms with Gasteiger partial charge in [0.05, 0.1) is 21.1 Å². The van der Waals surface area contributed by atoms with Gasteiger partial charge in [-0.05, 0) is 91.8 Å². The van der Waals surface area contributed by atoms with Crippen molar-refractivity contribution in [2.24, 2.45) is 4.99 Å². The van der Waals surface area contributed by atoms with Crippen molar-refractivity contribution in [2.75, 3.05) is 0 Å². The molecule has 1 amide bonds. The van der Waals surface area contributed by atoms with Crippen molar-refractivity contribution in [2.45, 2.75) is 20.0 Å². The number of amides is 1. The summed E-state index contributed by atoms with van der Waals surface area (Å²) in [7, 11) is 0. The van der Waals surface area contributed by atoms with Crippen LogP contribution >= 0.6 is 11.8 Å². The lowest BCUT2D eigenvalue weighted by atomic mass is 10.2. The average Bonchev–Trinajstić information content (AvgIpc) is 3.41. The third-order valence-electron chi connectivity index (χ3n) is 6.20. The van der Waals surface area contributed by atoms with Crippen LogP contribution in [0.4, 0.5) is 24.5 Å². The number of ether oxygens (including phenoxy) is 1. The molecule has 1 aromatic heterocycles. The molecule has 0 unspecified atom stereocenters. The molecule has 4 aromatic rings. The highest BCUT2D eigenvalue weighted by molar-refractivity contribution is 8.18. The van der Waals surface area contributed by atoms with Crippen LogP contribution in [0.3, 0.4) is 0 Å². The van der Waals surface area contributed by atoms with Crippen LogP contribution in [0.1, 0.15) is 22.5 Å². The molecule has 1 fully saturated rings. The number of hydrogen-bond donors (Lipinski definition) is 1. The fourth-order valence-corrected chi connectivity index (χ4v) is 5.12. The Morgan fingerprint density at radius 3 is 2.39 bits per heavy atom. The molecule has 0 atom stereocenters. The van der Waals surface area contributed by atoms with Crippen LogP contribution < -0.4 is 10.1 Å². The minimum atomic E-state index is -4.72. The van der Waals surface area contributed by atoms with Crippen molar-refractivity contribution in [3.05, 3.63) is 116 Å². The molecule has 5 rings (SSSR count). The molecule has 208 valence electrons. The Balaban J connectivity index is 1.37. The Bertz CT molecular complexity index is 1710. The number of nitro groups is 1. The Labute approximate surface area is 236 Å². The van der Waals surface area contributed by atoms with E-state index in [1.807, 2.05) is 54.8 Å². The molecule has 1 aliphatic heterocycles. The largest absolute Gasteiger partial charge is 0.450 e. The highest BCUT2D eigenvalue weighted by atomic mass is 32.2. The number of alkyl halides is 3. The first-order chi connectivity index (χ1) is 19.5. The Morgan fingerprint density at radius 2 is 1.73 bits per heavy atom. The van der Waals surface area contributed by atoms with Crippen LogP contribution in [0.15, 0.2) is 88.8 Å². The Hall–Kier alpha value is -4.84. The van der Waals surface area contributed by atoms with Gasteiger partial charge in [-0.2, -0.15) is 13.2 Å². The van der Waals surface area contributed by atoms with E-state index in [4.69, 9.17) is 4.74 Å². The lowest BCUT2D eigenvalue weighted by molar-refractivity contribution is -0.385. The number of hydrogen-bond acceptors (Lipinski definition) is 6. The van der Waals surface area contributed by atoms with Crippen LogP contribution in [-0.2, 0) is 11.0 Å². The highest BCUT2D eigenvalue weighted by Crippen LogP contribution is 2.38. The van der Waals surface area contributed by atoms with Crippen molar-refractivity contribution in [3.63, 3.8) is 0 Å². The van der Waals surface area contributed by atoms with Gasteiger partial charge in [0.15, 0.2) is 5.17 Å². The monoisotopic (exact) mass is 578 g/mol. The number of nitrogens with one attached hydrogen (secondary N) is 1. The third kappa shape index (κ3) is 6.02. The average molecular weight is 579 g/mol. The number of amidine groups is 1. The fraction of sp³-hybridized carbons (Fsp3) is 0.103. The van der Waals surface area contributed by atoms with Gasteiger partial charge in [-0.15, -0.1) is 0 Å². The number of carbonyl (C=O) groups excluding carboxylic acids is 1. The van der Waals surface area contributed by atoms with E-state index in [2.05, 4.69) is 10.3 Å². The number of rotatable bonds is 6. The summed E-state index contributed by atoms with van der Waals surface area (Å²) in [5, 5.41) is 14.6. The molecular weight excluding hydrogens is 557 g/mol. The molecule has 41 heavy (non-hydrogen) atoms. The lowest BCUT2D eigenvalue weighted by Crippen LogP contribution is -2.19. The van der Waals surface area contributed by atoms with Gasteiger partial charge >= 0.3 is 11.9 Å². The molecule has 0 radical (unpaired) electrons. The normalized spacial score (nSPS) is 15.4. The number of aliphatic imine (C=N–C) groups is 1. The molecule has 1 saturated heterocycles. The number of nitro benzene ring substituents is 1. The summed E-state index contributed by atoms with van der Waals surface area (Å²) in [6.07, 6.45) is -2.92. The van der Waals surface area contributed by atoms with Crippen molar-refractivity contribution >= 4 is 40.3 Å². The first-order valence-corrected chi connectivity index (χ1v) is 13.0. The van der Waals surface area contributed by atoms with E-state index in [1.165, 1.54) is 11.8 Å². The highest BCUT2D eigenvalue weighted by Gasteiger charge is 2.33. The molecule has 1 N–H and O–H groups in total. The van der Waals surface area contributed by atoms with Gasteiger partial charge in [0.25, 0.3) is 5.91 Å². The second-order valence-electron chi connectivity index (χ2n) is 9.01. The first kappa shape index (κ1) is 27.7. The number of carbonyl (C=O) groups is 1. The summed E-state index contributed by atoms with van der Waals surface area (Å²) in [5.41, 5.74) is 2.16. The number of halogens is 3. The maximum atomic E-state index is 13.0. The van der Waals surface area contributed by atoms with Crippen LogP contribution in [0.25, 0.3) is 11.8 Å². The van der Waals surface area contributed by atoms with Crippen LogP contribution in [0.2, 0.25) is 0 Å². The third-order valence-corrected chi connectivity index (χ3v) is 7.11. The van der Waals surface area contributed by atoms with E-state index in [0.717, 1.165) is 40.5 Å². The lowest BCUT2D eigenvalue weighted by Gasteiger charge is -2.12. The smallest absolute Gasteiger partial charge is 0.416 e. The molecule has 0 saturated carbocycles. The van der Waals surface area contributed by atoms with Crippen LogP contribution in [-0.4, -0.2) is 20.6 Å². The zero-order valence-corrected chi connectivity index (χ0v) is 22.4. The number of nitrogens with zero attached hydrogens (tertiary/aromatic N) is 3. The maximum Gasteiger partial charge on any atom is 0.416 e. The second-order valence-corrected chi connectivity index (χ2v) is 10.0. The number of benzene rings is 3. The number of para-hydroxylation sites is 1. The van der Waals surface area contributed by atoms with Crippen molar-refractivity contribution in [1.82, 2.24) is 9.88 Å². The molecule has 1 aliphatic rings. The minimum absolute atomic E-state index is 0.214. The number of thioether (sulfide) groups is 1.